The molecule has 1 saturated carbocycles. The van der Waals surface area contributed by atoms with Crippen LogP contribution in [0.1, 0.15) is 29.4 Å². The molecule has 2 atom stereocenters. The average Bonchev–Trinajstić information content (AvgIpc) is 3.11. The Bertz CT molecular complexity index is 392. The van der Waals surface area contributed by atoms with Crippen LogP contribution >= 0.6 is 0 Å². The van der Waals surface area contributed by atoms with Crippen LogP contribution in [0.3, 0.4) is 0 Å². The van der Waals surface area contributed by atoms with E-state index in [1.807, 2.05) is 18.5 Å². The molecule has 1 fully saturated rings. The maximum absolute atomic E-state index is 4.17. The van der Waals surface area contributed by atoms with Crippen molar-refractivity contribution < 1.29 is 0 Å². The molecule has 0 spiro atoms. The lowest BCUT2D eigenvalue weighted by atomic mass is 10.1. The fraction of sp³-hybridized carbons (Fsp3) is 0.214. The molecule has 0 unspecified atom stereocenters. The van der Waals surface area contributed by atoms with Crippen LogP contribution in [0.15, 0.2) is 54.9 Å². The Morgan fingerprint density at radius 3 is 2.33 bits per heavy atom. The van der Waals surface area contributed by atoms with Gasteiger partial charge in [-0.25, -0.2) is 0 Å². The third-order valence-electron chi connectivity index (χ3n) is 3.13. The molecule has 1 aliphatic carbocycles. The van der Waals surface area contributed by atoms with Crippen molar-refractivity contribution in [1.29, 1.82) is 0 Å². The van der Waals surface area contributed by atoms with Crippen molar-refractivity contribution in [3.63, 3.8) is 0 Å². The van der Waals surface area contributed by atoms with Crippen molar-refractivity contribution in [3.05, 3.63) is 66.0 Å². The first-order chi connectivity index (χ1) is 7.45. The monoisotopic (exact) mass is 195 g/mol. The SMILES string of the molecule is c1ccc([C@H]2C[C@@H]2c2cccnc2)cc1. The molecule has 0 amide bonds. The first-order valence-electron chi connectivity index (χ1n) is 5.40. The number of rotatable bonds is 2. The summed E-state index contributed by atoms with van der Waals surface area (Å²) in [4.78, 5) is 4.17. The van der Waals surface area contributed by atoms with E-state index >= 15 is 0 Å². The van der Waals surface area contributed by atoms with E-state index in [4.69, 9.17) is 0 Å². The topological polar surface area (TPSA) is 12.9 Å². The van der Waals surface area contributed by atoms with Gasteiger partial charge in [0.2, 0.25) is 0 Å². The van der Waals surface area contributed by atoms with Crippen molar-refractivity contribution in [3.8, 4) is 0 Å². The van der Waals surface area contributed by atoms with Crippen molar-refractivity contribution >= 4 is 0 Å². The highest BCUT2D eigenvalue weighted by Gasteiger charge is 2.39. The molecule has 1 heterocycles. The van der Waals surface area contributed by atoms with E-state index in [-0.39, 0.29) is 0 Å². The average molecular weight is 195 g/mol. The Kier molecular flexibility index (Phi) is 2.02. The van der Waals surface area contributed by atoms with Gasteiger partial charge in [-0.05, 0) is 35.4 Å². The smallest absolute Gasteiger partial charge is 0.0302 e. The predicted octanol–water partition coefficient (Wildman–Crippen LogP) is 3.35. The zero-order chi connectivity index (χ0) is 10.1. The van der Waals surface area contributed by atoms with E-state index in [9.17, 15) is 0 Å². The van der Waals surface area contributed by atoms with E-state index in [2.05, 4.69) is 41.4 Å². The molecule has 1 nitrogen and oxygen atoms in total. The normalized spacial score (nSPS) is 23.7. The molecule has 1 aliphatic rings. The first-order valence-corrected chi connectivity index (χ1v) is 5.40. The standard InChI is InChI=1S/C14H13N/c1-2-5-11(6-3-1)13-9-14(13)12-7-4-8-15-10-12/h1-8,10,13-14H,9H2/t13-,14-/m1/s1. The van der Waals surface area contributed by atoms with Gasteiger partial charge in [0.05, 0.1) is 0 Å². The summed E-state index contributed by atoms with van der Waals surface area (Å²) in [5.41, 5.74) is 2.85. The van der Waals surface area contributed by atoms with Gasteiger partial charge in [0.1, 0.15) is 0 Å². The lowest BCUT2D eigenvalue weighted by Crippen LogP contribution is -1.84. The summed E-state index contributed by atoms with van der Waals surface area (Å²) < 4.78 is 0. The Morgan fingerprint density at radius 2 is 1.60 bits per heavy atom. The second-order valence-electron chi connectivity index (χ2n) is 4.15. The van der Waals surface area contributed by atoms with Crippen LogP contribution < -0.4 is 0 Å². The van der Waals surface area contributed by atoms with Gasteiger partial charge in [0.25, 0.3) is 0 Å². The van der Waals surface area contributed by atoms with Crippen molar-refractivity contribution in [2.24, 2.45) is 0 Å². The minimum atomic E-state index is 0.695. The number of aromatic nitrogens is 1. The van der Waals surface area contributed by atoms with Gasteiger partial charge < -0.3 is 0 Å². The Balaban J connectivity index is 1.81. The molecule has 0 N–H and O–H groups in total. The van der Waals surface area contributed by atoms with Gasteiger partial charge in [0.15, 0.2) is 0 Å². The van der Waals surface area contributed by atoms with Crippen LogP contribution in [-0.4, -0.2) is 4.98 Å². The summed E-state index contributed by atoms with van der Waals surface area (Å²) in [6, 6.07) is 15.0. The summed E-state index contributed by atoms with van der Waals surface area (Å²) in [5.74, 6) is 1.41. The van der Waals surface area contributed by atoms with Crippen molar-refractivity contribution in [1.82, 2.24) is 4.98 Å². The molecule has 0 radical (unpaired) electrons. The summed E-state index contributed by atoms with van der Waals surface area (Å²) in [7, 11) is 0. The maximum atomic E-state index is 4.17. The second-order valence-corrected chi connectivity index (χ2v) is 4.15. The van der Waals surface area contributed by atoms with Crippen molar-refractivity contribution in [2.45, 2.75) is 18.3 Å². The fourth-order valence-corrected chi connectivity index (χ4v) is 2.23. The lowest BCUT2D eigenvalue weighted by molar-refractivity contribution is 1.01. The van der Waals surface area contributed by atoms with E-state index in [0.29, 0.717) is 5.92 Å². The quantitative estimate of drug-likeness (QED) is 0.716. The Morgan fingerprint density at radius 1 is 0.867 bits per heavy atom. The van der Waals surface area contributed by atoms with E-state index < -0.39 is 0 Å². The highest BCUT2D eigenvalue weighted by molar-refractivity contribution is 5.34. The third-order valence-corrected chi connectivity index (χ3v) is 3.13. The molecule has 74 valence electrons. The van der Waals surface area contributed by atoms with Crippen LogP contribution in [0, 0.1) is 0 Å². The largest absolute Gasteiger partial charge is 0.264 e. The molecule has 3 rings (SSSR count). The minimum absolute atomic E-state index is 0.695. The molecule has 1 heteroatoms. The van der Waals surface area contributed by atoms with Crippen LogP contribution in [0.4, 0.5) is 0 Å². The van der Waals surface area contributed by atoms with Gasteiger partial charge >= 0.3 is 0 Å². The Labute approximate surface area is 89.8 Å². The molecule has 15 heavy (non-hydrogen) atoms. The predicted molar refractivity (Wildman–Crippen MR) is 60.8 cm³/mol. The van der Waals surface area contributed by atoms with Gasteiger partial charge in [-0.15, -0.1) is 0 Å². The zero-order valence-electron chi connectivity index (χ0n) is 8.51. The molecule has 0 bridgehead atoms. The second kappa shape index (κ2) is 3.50. The minimum Gasteiger partial charge on any atom is -0.264 e. The van der Waals surface area contributed by atoms with Crippen molar-refractivity contribution in [2.75, 3.05) is 0 Å². The summed E-state index contributed by atoms with van der Waals surface area (Å²) in [6.07, 6.45) is 5.10. The molecule has 0 saturated heterocycles. The number of pyridine rings is 1. The molecule has 2 aromatic rings. The van der Waals surface area contributed by atoms with E-state index in [1.165, 1.54) is 17.5 Å². The molecule has 1 aromatic heterocycles. The van der Waals surface area contributed by atoms with Crippen LogP contribution in [0.5, 0.6) is 0 Å². The van der Waals surface area contributed by atoms with Gasteiger partial charge in [-0.3, -0.25) is 4.98 Å². The van der Waals surface area contributed by atoms with E-state index in [0.717, 1.165) is 5.92 Å². The summed E-state index contributed by atoms with van der Waals surface area (Å²) in [6.45, 7) is 0. The highest BCUT2D eigenvalue weighted by Crippen LogP contribution is 2.54. The van der Waals surface area contributed by atoms with Gasteiger partial charge in [0, 0.05) is 12.4 Å². The molecular weight excluding hydrogens is 182 g/mol. The van der Waals surface area contributed by atoms with Crippen LogP contribution in [-0.2, 0) is 0 Å². The number of hydrogen-bond donors (Lipinski definition) is 0. The molecular formula is C14H13N. The third kappa shape index (κ3) is 1.65. The van der Waals surface area contributed by atoms with Gasteiger partial charge in [-0.1, -0.05) is 36.4 Å². The number of benzene rings is 1. The molecule has 1 aromatic carbocycles. The fourth-order valence-electron chi connectivity index (χ4n) is 2.23. The van der Waals surface area contributed by atoms with Crippen LogP contribution in [0.2, 0.25) is 0 Å². The van der Waals surface area contributed by atoms with Crippen LogP contribution in [0.25, 0.3) is 0 Å². The number of hydrogen-bond acceptors (Lipinski definition) is 1. The summed E-state index contributed by atoms with van der Waals surface area (Å²) >= 11 is 0. The maximum Gasteiger partial charge on any atom is 0.0302 e. The first kappa shape index (κ1) is 8.66. The number of nitrogens with zero attached hydrogens (tertiary/aromatic N) is 1. The summed E-state index contributed by atoms with van der Waals surface area (Å²) in [5, 5.41) is 0. The Hall–Kier alpha value is -1.63. The van der Waals surface area contributed by atoms with Gasteiger partial charge in [-0.2, -0.15) is 0 Å². The zero-order valence-corrected chi connectivity index (χ0v) is 8.51. The molecule has 0 aliphatic heterocycles. The highest BCUT2D eigenvalue weighted by atomic mass is 14.6. The lowest BCUT2D eigenvalue weighted by Gasteiger charge is -1.99. The van der Waals surface area contributed by atoms with E-state index in [1.54, 1.807) is 0 Å².